The molecule has 0 atom stereocenters. The van der Waals surface area contributed by atoms with E-state index in [1.807, 2.05) is 0 Å². The Morgan fingerprint density at radius 3 is 2.67 bits per heavy atom. The number of amides is 1. The molecule has 1 amide bonds. The van der Waals surface area contributed by atoms with Crippen LogP contribution < -0.4 is 5.32 Å². The van der Waals surface area contributed by atoms with Gasteiger partial charge in [-0.1, -0.05) is 6.07 Å². The fourth-order valence-electron chi connectivity index (χ4n) is 1.60. The van der Waals surface area contributed by atoms with Gasteiger partial charge < -0.3 is 5.32 Å². The summed E-state index contributed by atoms with van der Waals surface area (Å²) in [5.41, 5.74) is 1.37. The second kappa shape index (κ2) is 4.56. The third kappa shape index (κ3) is 2.09. The van der Waals surface area contributed by atoms with E-state index in [-0.39, 0.29) is 5.56 Å². The van der Waals surface area contributed by atoms with E-state index in [9.17, 15) is 13.6 Å². The molecule has 2 rings (SSSR count). The molecule has 94 valence electrons. The highest BCUT2D eigenvalue weighted by molar-refractivity contribution is 6.05. The first-order valence-electron chi connectivity index (χ1n) is 5.27. The number of carbonyl (C=O) groups is 1. The van der Waals surface area contributed by atoms with Crippen molar-refractivity contribution in [2.24, 2.45) is 0 Å². The topological polar surface area (TPSA) is 57.8 Å². The van der Waals surface area contributed by atoms with Crippen molar-refractivity contribution in [3.8, 4) is 0 Å². The van der Waals surface area contributed by atoms with Crippen molar-refractivity contribution < 1.29 is 13.6 Å². The van der Waals surface area contributed by atoms with Crippen LogP contribution in [0.2, 0.25) is 0 Å². The van der Waals surface area contributed by atoms with Crippen molar-refractivity contribution in [1.82, 2.24) is 10.2 Å². The molecule has 6 heteroatoms. The van der Waals surface area contributed by atoms with Crippen molar-refractivity contribution in [1.29, 1.82) is 0 Å². The van der Waals surface area contributed by atoms with E-state index in [1.165, 1.54) is 12.1 Å². The molecule has 0 fully saturated rings. The Bertz CT molecular complexity index is 588. The number of aryl methyl sites for hydroxylation is 2. The first-order chi connectivity index (χ1) is 8.50. The molecule has 0 radical (unpaired) electrons. The Balaban J connectivity index is 2.31. The number of aromatic amines is 1. The van der Waals surface area contributed by atoms with E-state index < -0.39 is 17.5 Å². The lowest BCUT2D eigenvalue weighted by atomic mass is 10.2. The summed E-state index contributed by atoms with van der Waals surface area (Å²) in [6.07, 6.45) is 0. The van der Waals surface area contributed by atoms with Crippen LogP contribution in [-0.4, -0.2) is 16.1 Å². The predicted octanol–water partition coefficient (Wildman–Crippen LogP) is 2.56. The van der Waals surface area contributed by atoms with Gasteiger partial charge in [0.15, 0.2) is 11.6 Å². The van der Waals surface area contributed by atoms with E-state index >= 15 is 0 Å². The standard InChI is InChI=1S/C12H11F2N3O/c1-6-11(7(2)17-16-6)15-12(18)8-4-3-5-9(13)10(8)14/h3-5H,1-2H3,(H,15,18)(H,16,17). The number of anilines is 1. The van der Waals surface area contributed by atoms with E-state index in [2.05, 4.69) is 15.5 Å². The van der Waals surface area contributed by atoms with Gasteiger partial charge in [-0.15, -0.1) is 0 Å². The number of hydrogen-bond donors (Lipinski definition) is 2. The van der Waals surface area contributed by atoms with Gasteiger partial charge in [0.25, 0.3) is 5.91 Å². The Hall–Kier alpha value is -2.24. The average molecular weight is 251 g/mol. The van der Waals surface area contributed by atoms with Crippen LogP contribution in [0.1, 0.15) is 21.7 Å². The van der Waals surface area contributed by atoms with Crippen LogP contribution in [0.3, 0.4) is 0 Å². The van der Waals surface area contributed by atoms with Crippen LogP contribution in [0.5, 0.6) is 0 Å². The Kier molecular flexibility index (Phi) is 3.10. The van der Waals surface area contributed by atoms with Crippen molar-refractivity contribution in [3.63, 3.8) is 0 Å². The number of halogens is 2. The Morgan fingerprint density at radius 2 is 2.06 bits per heavy atom. The number of benzene rings is 1. The first-order valence-corrected chi connectivity index (χ1v) is 5.27. The van der Waals surface area contributed by atoms with Crippen molar-refractivity contribution in [3.05, 3.63) is 46.8 Å². The maximum Gasteiger partial charge on any atom is 0.258 e. The lowest BCUT2D eigenvalue weighted by Gasteiger charge is -2.06. The first kappa shape index (κ1) is 12.2. The number of carbonyl (C=O) groups excluding carboxylic acids is 1. The van der Waals surface area contributed by atoms with Gasteiger partial charge in [-0.3, -0.25) is 9.89 Å². The van der Waals surface area contributed by atoms with Crippen molar-refractivity contribution in [2.45, 2.75) is 13.8 Å². The largest absolute Gasteiger partial charge is 0.319 e. The third-order valence-corrected chi connectivity index (χ3v) is 2.56. The summed E-state index contributed by atoms with van der Waals surface area (Å²) in [6, 6.07) is 3.46. The van der Waals surface area contributed by atoms with Gasteiger partial charge in [-0.2, -0.15) is 5.10 Å². The van der Waals surface area contributed by atoms with Crippen molar-refractivity contribution >= 4 is 11.6 Å². The summed E-state index contributed by atoms with van der Waals surface area (Å²) >= 11 is 0. The Labute approximate surface area is 102 Å². The lowest BCUT2D eigenvalue weighted by Crippen LogP contribution is -2.15. The van der Waals surface area contributed by atoms with Gasteiger partial charge in [0, 0.05) is 0 Å². The lowest BCUT2D eigenvalue weighted by molar-refractivity contribution is 0.102. The molecule has 1 aromatic carbocycles. The van der Waals surface area contributed by atoms with E-state index in [1.54, 1.807) is 13.8 Å². The van der Waals surface area contributed by atoms with Gasteiger partial charge in [0.1, 0.15) is 0 Å². The minimum Gasteiger partial charge on any atom is -0.319 e. The molecule has 0 aliphatic heterocycles. The molecule has 0 spiro atoms. The zero-order valence-electron chi connectivity index (χ0n) is 9.84. The van der Waals surface area contributed by atoms with Gasteiger partial charge in [0.2, 0.25) is 0 Å². The summed E-state index contributed by atoms with van der Waals surface area (Å²) in [5, 5.41) is 9.09. The van der Waals surface area contributed by atoms with Crippen LogP contribution in [0.25, 0.3) is 0 Å². The molecule has 0 unspecified atom stereocenters. The van der Waals surface area contributed by atoms with E-state index in [4.69, 9.17) is 0 Å². The van der Waals surface area contributed by atoms with Crippen LogP contribution in [0.15, 0.2) is 18.2 Å². The minimum atomic E-state index is -1.16. The van der Waals surface area contributed by atoms with Gasteiger partial charge in [-0.25, -0.2) is 8.78 Å². The number of H-pyrrole nitrogens is 1. The third-order valence-electron chi connectivity index (χ3n) is 2.56. The van der Waals surface area contributed by atoms with Crippen LogP contribution in [-0.2, 0) is 0 Å². The summed E-state index contributed by atoms with van der Waals surface area (Å²) in [7, 11) is 0. The molecule has 0 aliphatic carbocycles. The summed E-state index contributed by atoms with van der Waals surface area (Å²) in [4.78, 5) is 11.8. The molecule has 1 heterocycles. The highest BCUT2D eigenvalue weighted by Crippen LogP contribution is 2.18. The maximum absolute atomic E-state index is 13.4. The second-order valence-corrected chi connectivity index (χ2v) is 3.86. The molecular weight excluding hydrogens is 240 g/mol. The van der Waals surface area contributed by atoms with E-state index in [0.29, 0.717) is 17.1 Å². The molecule has 0 aliphatic rings. The predicted molar refractivity (Wildman–Crippen MR) is 62.4 cm³/mol. The number of hydrogen-bond acceptors (Lipinski definition) is 2. The van der Waals surface area contributed by atoms with E-state index in [0.717, 1.165) is 6.07 Å². The average Bonchev–Trinajstić information content (AvgIpc) is 2.64. The minimum absolute atomic E-state index is 0.338. The molecule has 0 bridgehead atoms. The number of aromatic nitrogens is 2. The highest BCUT2D eigenvalue weighted by atomic mass is 19.2. The number of rotatable bonds is 2. The molecule has 4 nitrogen and oxygen atoms in total. The summed E-state index contributed by atoms with van der Waals surface area (Å²) in [6.45, 7) is 3.42. The number of nitrogens with one attached hydrogen (secondary N) is 2. The smallest absolute Gasteiger partial charge is 0.258 e. The quantitative estimate of drug-likeness (QED) is 0.861. The fraction of sp³-hybridized carbons (Fsp3) is 0.167. The van der Waals surface area contributed by atoms with Gasteiger partial charge in [0.05, 0.1) is 22.6 Å². The monoisotopic (exact) mass is 251 g/mol. The highest BCUT2D eigenvalue weighted by Gasteiger charge is 2.17. The zero-order chi connectivity index (χ0) is 13.3. The van der Waals surface area contributed by atoms with Crippen LogP contribution in [0, 0.1) is 25.5 Å². The molecule has 1 aromatic heterocycles. The number of nitrogens with zero attached hydrogens (tertiary/aromatic N) is 1. The maximum atomic E-state index is 13.4. The summed E-state index contributed by atoms with van der Waals surface area (Å²) < 4.78 is 26.4. The molecule has 2 aromatic rings. The normalized spacial score (nSPS) is 10.4. The molecular formula is C12H11F2N3O. The Morgan fingerprint density at radius 1 is 1.33 bits per heavy atom. The van der Waals surface area contributed by atoms with Gasteiger partial charge in [-0.05, 0) is 26.0 Å². The fourth-order valence-corrected chi connectivity index (χ4v) is 1.60. The SMILES string of the molecule is Cc1n[nH]c(C)c1NC(=O)c1cccc(F)c1F. The van der Waals surface area contributed by atoms with Crippen LogP contribution in [0.4, 0.5) is 14.5 Å². The van der Waals surface area contributed by atoms with Crippen molar-refractivity contribution in [2.75, 3.05) is 5.32 Å². The molecule has 2 N–H and O–H groups in total. The molecule has 0 saturated heterocycles. The van der Waals surface area contributed by atoms with Gasteiger partial charge >= 0.3 is 0 Å². The molecule has 0 saturated carbocycles. The zero-order valence-corrected chi connectivity index (χ0v) is 9.84. The summed E-state index contributed by atoms with van der Waals surface area (Å²) in [5.74, 6) is -2.92. The second-order valence-electron chi connectivity index (χ2n) is 3.86. The van der Waals surface area contributed by atoms with Crippen LogP contribution >= 0.6 is 0 Å². The molecule has 18 heavy (non-hydrogen) atoms.